The highest BCUT2D eigenvalue weighted by molar-refractivity contribution is 4.86. The lowest BCUT2D eigenvalue weighted by Crippen LogP contribution is -2.48. The van der Waals surface area contributed by atoms with Crippen LogP contribution < -0.4 is 5.32 Å². The van der Waals surface area contributed by atoms with Crippen LogP contribution in [0.15, 0.2) is 0 Å². The van der Waals surface area contributed by atoms with Crippen LogP contribution >= 0.6 is 0 Å². The van der Waals surface area contributed by atoms with E-state index in [-0.39, 0.29) is 5.54 Å². The Morgan fingerprint density at radius 2 is 1.75 bits per heavy atom. The molecule has 96 valence electrons. The average Bonchev–Trinajstić information content (AvgIpc) is 2.26. The van der Waals surface area contributed by atoms with Crippen molar-refractivity contribution in [2.75, 3.05) is 13.2 Å². The second-order valence-electron chi connectivity index (χ2n) is 7.01. The van der Waals surface area contributed by atoms with Crippen LogP contribution in [0.4, 0.5) is 0 Å². The van der Waals surface area contributed by atoms with Crippen LogP contribution in [0, 0.1) is 5.41 Å². The summed E-state index contributed by atoms with van der Waals surface area (Å²) in [5.41, 5.74) is 0.616. The molecule has 1 rings (SSSR count). The van der Waals surface area contributed by atoms with Crippen LogP contribution in [-0.2, 0) is 4.74 Å². The molecule has 2 heteroatoms. The van der Waals surface area contributed by atoms with E-state index in [0.717, 1.165) is 19.6 Å². The summed E-state index contributed by atoms with van der Waals surface area (Å²) in [6, 6.07) is 0.639. The molecule has 0 aliphatic carbocycles. The number of nitrogens with one attached hydrogen (secondary N) is 1. The van der Waals surface area contributed by atoms with Gasteiger partial charge < -0.3 is 10.1 Å². The predicted octanol–water partition coefficient (Wildman–Crippen LogP) is 3.36. The Morgan fingerprint density at radius 1 is 1.06 bits per heavy atom. The second-order valence-corrected chi connectivity index (χ2v) is 7.01. The normalized spacial score (nSPS) is 24.2. The Kier molecular flexibility index (Phi) is 4.81. The largest absolute Gasteiger partial charge is 0.381 e. The summed E-state index contributed by atoms with van der Waals surface area (Å²) in [6.45, 7) is 13.4. The number of hydrogen-bond acceptors (Lipinski definition) is 2. The van der Waals surface area contributed by atoms with E-state index < -0.39 is 0 Å². The Labute approximate surface area is 101 Å². The average molecular weight is 227 g/mol. The maximum atomic E-state index is 5.50. The molecule has 1 aliphatic heterocycles. The van der Waals surface area contributed by atoms with Crippen LogP contribution in [-0.4, -0.2) is 24.8 Å². The van der Waals surface area contributed by atoms with E-state index in [0.29, 0.717) is 11.5 Å². The zero-order valence-electron chi connectivity index (χ0n) is 11.7. The zero-order valence-corrected chi connectivity index (χ0v) is 11.7. The van der Waals surface area contributed by atoms with Gasteiger partial charge in [0, 0.05) is 24.8 Å². The predicted molar refractivity (Wildman–Crippen MR) is 69.7 cm³/mol. The third kappa shape index (κ3) is 5.86. The molecule has 1 N–H and O–H groups in total. The molecule has 0 aromatic carbocycles. The monoisotopic (exact) mass is 227 g/mol. The molecule has 0 aromatic heterocycles. The zero-order chi connectivity index (χ0) is 12.2. The molecule has 1 aliphatic rings. The van der Waals surface area contributed by atoms with Crippen LogP contribution in [0.1, 0.15) is 60.3 Å². The van der Waals surface area contributed by atoms with Gasteiger partial charge >= 0.3 is 0 Å². The van der Waals surface area contributed by atoms with Crippen molar-refractivity contribution in [3.05, 3.63) is 0 Å². The molecule has 1 atom stereocenters. The van der Waals surface area contributed by atoms with E-state index in [9.17, 15) is 0 Å². The minimum atomic E-state index is 0.229. The minimum Gasteiger partial charge on any atom is -0.381 e. The van der Waals surface area contributed by atoms with Crippen molar-refractivity contribution < 1.29 is 4.74 Å². The topological polar surface area (TPSA) is 21.3 Å². The molecular weight excluding hydrogens is 198 g/mol. The molecule has 0 bridgehead atoms. The van der Waals surface area contributed by atoms with Crippen molar-refractivity contribution in [2.24, 2.45) is 5.41 Å². The summed E-state index contributed by atoms with van der Waals surface area (Å²) >= 11 is 0. The quantitative estimate of drug-likeness (QED) is 0.798. The van der Waals surface area contributed by atoms with Crippen molar-refractivity contribution in [2.45, 2.75) is 71.9 Å². The highest BCUT2D eigenvalue weighted by Gasteiger charge is 2.27. The van der Waals surface area contributed by atoms with Gasteiger partial charge in [0.1, 0.15) is 0 Å². The fourth-order valence-electron chi connectivity index (χ4n) is 2.98. The van der Waals surface area contributed by atoms with Gasteiger partial charge in [0.2, 0.25) is 0 Å². The lowest BCUT2D eigenvalue weighted by molar-refractivity contribution is 0.140. The Hall–Kier alpha value is -0.0800. The van der Waals surface area contributed by atoms with Crippen LogP contribution in [0.3, 0.4) is 0 Å². The molecule has 16 heavy (non-hydrogen) atoms. The summed E-state index contributed by atoms with van der Waals surface area (Å²) < 4.78 is 5.50. The maximum Gasteiger partial charge on any atom is 0.0480 e. The van der Waals surface area contributed by atoms with Crippen molar-refractivity contribution in [1.82, 2.24) is 5.32 Å². The van der Waals surface area contributed by atoms with Crippen LogP contribution in [0.2, 0.25) is 0 Å². The Morgan fingerprint density at radius 3 is 2.38 bits per heavy atom. The molecule has 1 fully saturated rings. The number of ether oxygens (including phenoxy) is 1. The minimum absolute atomic E-state index is 0.229. The molecule has 1 saturated heterocycles. The first-order valence-electron chi connectivity index (χ1n) is 6.64. The van der Waals surface area contributed by atoms with E-state index in [4.69, 9.17) is 4.74 Å². The standard InChI is InChI=1S/C14H29NO/c1-13(2,3)11-14(4,5)15-12-7-6-9-16-10-8-12/h12,15H,6-11H2,1-5H3. The van der Waals surface area contributed by atoms with Gasteiger partial charge in [0.05, 0.1) is 0 Å². The van der Waals surface area contributed by atoms with Crippen molar-refractivity contribution >= 4 is 0 Å². The van der Waals surface area contributed by atoms with Crippen molar-refractivity contribution in [3.8, 4) is 0 Å². The lowest BCUT2D eigenvalue weighted by Gasteiger charge is -2.36. The SMILES string of the molecule is CC(C)(C)CC(C)(C)NC1CCCOCC1. The summed E-state index contributed by atoms with van der Waals surface area (Å²) in [7, 11) is 0. The lowest BCUT2D eigenvalue weighted by atomic mass is 9.81. The molecule has 0 amide bonds. The van der Waals surface area contributed by atoms with Crippen LogP contribution in [0.5, 0.6) is 0 Å². The van der Waals surface area contributed by atoms with Gasteiger partial charge in [-0.3, -0.25) is 0 Å². The smallest absolute Gasteiger partial charge is 0.0480 e. The molecule has 1 heterocycles. The van der Waals surface area contributed by atoms with Gasteiger partial charge in [-0.1, -0.05) is 20.8 Å². The summed E-state index contributed by atoms with van der Waals surface area (Å²) in [5.74, 6) is 0. The molecule has 2 nitrogen and oxygen atoms in total. The van der Waals surface area contributed by atoms with Crippen molar-refractivity contribution in [1.29, 1.82) is 0 Å². The first-order chi connectivity index (χ1) is 7.29. The molecule has 0 saturated carbocycles. The summed E-state index contributed by atoms with van der Waals surface area (Å²) in [6.07, 6.45) is 4.82. The molecule has 1 unspecified atom stereocenters. The Balaban J connectivity index is 2.43. The Bertz CT molecular complexity index is 197. The maximum absolute atomic E-state index is 5.50. The van der Waals surface area contributed by atoms with E-state index in [1.807, 2.05) is 0 Å². The van der Waals surface area contributed by atoms with Crippen molar-refractivity contribution in [3.63, 3.8) is 0 Å². The molecular formula is C14H29NO. The van der Waals surface area contributed by atoms with Crippen LogP contribution in [0.25, 0.3) is 0 Å². The molecule has 0 aromatic rings. The first-order valence-corrected chi connectivity index (χ1v) is 6.64. The number of hydrogen-bond donors (Lipinski definition) is 1. The van der Waals surface area contributed by atoms with E-state index in [2.05, 4.69) is 39.9 Å². The van der Waals surface area contributed by atoms with Gasteiger partial charge in [0.25, 0.3) is 0 Å². The summed E-state index contributed by atoms with van der Waals surface area (Å²) in [4.78, 5) is 0. The van der Waals surface area contributed by atoms with E-state index in [1.165, 1.54) is 19.3 Å². The third-order valence-electron chi connectivity index (χ3n) is 3.02. The van der Waals surface area contributed by atoms with E-state index in [1.54, 1.807) is 0 Å². The third-order valence-corrected chi connectivity index (χ3v) is 3.02. The molecule has 0 spiro atoms. The molecule has 0 radical (unpaired) electrons. The van der Waals surface area contributed by atoms with Gasteiger partial charge in [-0.05, 0) is 44.9 Å². The van der Waals surface area contributed by atoms with Gasteiger partial charge in [-0.2, -0.15) is 0 Å². The highest BCUT2D eigenvalue weighted by atomic mass is 16.5. The van der Waals surface area contributed by atoms with Gasteiger partial charge in [0.15, 0.2) is 0 Å². The van der Waals surface area contributed by atoms with Gasteiger partial charge in [-0.15, -0.1) is 0 Å². The second kappa shape index (κ2) is 5.50. The fourth-order valence-corrected chi connectivity index (χ4v) is 2.98. The van der Waals surface area contributed by atoms with Gasteiger partial charge in [-0.25, -0.2) is 0 Å². The highest BCUT2D eigenvalue weighted by Crippen LogP contribution is 2.28. The number of rotatable bonds is 3. The first kappa shape index (κ1) is 14.0. The van der Waals surface area contributed by atoms with E-state index >= 15 is 0 Å². The fraction of sp³-hybridized carbons (Fsp3) is 1.00. The summed E-state index contributed by atoms with van der Waals surface area (Å²) in [5, 5.41) is 3.81.